The van der Waals surface area contributed by atoms with Gasteiger partial charge in [0.2, 0.25) is 11.7 Å². The fourth-order valence-corrected chi connectivity index (χ4v) is 4.22. The molecule has 1 saturated heterocycles. The molecule has 0 saturated carbocycles. The average Bonchev–Trinajstić information content (AvgIpc) is 2.81. The summed E-state index contributed by atoms with van der Waals surface area (Å²) in [5.74, 6) is -0.296. The molecule has 1 fully saturated rings. The zero-order valence-corrected chi connectivity index (χ0v) is 12.5. The molecular formula is C13H19NO5S. The molecule has 2 rings (SSSR count). The normalized spacial score (nSPS) is 21.6. The van der Waals surface area contributed by atoms with Crippen molar-refractivity contribution in [2.45, 2.75) is 44.3 Å². The van der Waals surface area contributed by atoms with Crippen molar-refractivity contribution in [2.24, 2.45) is 0 Å². The lowest BCUT2D eigenvalue weighted by Gasteiger charge is -2.19. The number of carbonyl (C=O) groups excluding carboxylic acids is 1. The second-order valence-corrected chi connectivity index (χ2v) is 7.22. The van der Waals surface area contributed by atoms with Crippen LogP contribution in [-0.4, -0.2) is 32.2 Å². The fraction of sp³-hybridized carbons (Fsp3) is 0.692. The number of esters is 1. The first-order valence-corrected chi connectivity index (χ1v) is 8.50. The Hall–Kier alpha value is -1.37. The number of aryl methyl sites for hydroxylation is 1. The number of ether oxygens (including phenoxy) is 1. The third-order valence-electron chi connectivity index (χ3n) is 3.43. The number of hydrogen-bond acceptors (Lipinski definition) is 6. The first kappa shape index (κ1) is 15.0. The Bertz CT molecular complexity index is 590. The number of oxazole rings is 1. The molecule has 1 aromatic heterocycles. The molecule has 0 spiro atoms. The maximum Gasteiger partial charge on any atom is 0.375 e. The topological polar surface area (TPSA) is 86.5 Å². The van der Waals surface area contributed by atoms with Crippen LogP contribution >= 0.6 is 0 Å². The van der Waals surface area contributed by atoms with Gasteiger partial charge in [0.05, 0.1) is 18.6 Å². The van der Waals surface area contributed by atoms with Crippen LogP contribution in [0.25, 0.3) is 0 Å². The summed E-state index contributed by atoms with van der Waals surface area (Å²) in [7, 11) is -1.97. The molecule has 0 aliphatic carbocycles. The minimum absolute atomic E-state index is 0.0325. The summed E-state index contributed by atoms with van der Waals surface area (Å²) in [6.07, 6.45) is 3.33. The van der Waals surface area contributed by atoms with Gasteiger partial charge in [-0.3, -0.25) is 0 Å². The van der Waals surface area contributed by atoms with Gasteiger partial charge in [-0.2, -0.15) is 0 Å². The minimum Gasteiger partial charge on any atom is -0.463 e. The van der Waals surface area contributed by atoms with Crippen molar-refractivity contribution >= 4 is 15.8 Å². The van der Waals surface area contributed by atoms with Crippen LogP contribution in [0.5, 0.6) is 0 Å². The lowest BCUT2D eigenvalue weighted by atomic mass is 10.2. The van der Waals surface area contributed by atoms with Gasteiger partial charge in [0.25, 0.3) is 0 Å². The summed E-state index contributed by atoms with van der Waals surface area (Å²) >= 11 is 0. The Labute approximate surface area is 118 Å². The quantitative estimate of drug-likeness (QED) is 0.791. The van der Waals surface area contributed by atoms with Gasteiger partial charge in [-0.05, 0) is 19.3 Å². The smallest absolute Gasteiger partial charge is 0.375 e. The van der Waals surface area contributed by atoms with Crippen LogP contribution in [0, 0.1) is 0 Å². The molecule has 20 heavy (non-hydrogen) atoms. The van der Waals surface area contributed by atoms with Gasteiger partial charge in [0.15, 0.2) is 9.84 Å². The third-order valence-corrected chi connectivity index (χ3v) is 5.59. The van der Waals surface area contributed by atoms with E-state index in [-0.39, 0.29) is 17.4 Å². The summed E-state index contributed by atoms with van der Waals surface area (Å²) in [6, 6.07) is 0. The van der Waals surface area contributed by atoms with E-state index in [1.807, 2.05) is 6.92 Å². The van der Waals surface area contributed by atoms with Gasteiger partial charge in [0, 0.05) is 0 Å². The standard InChI is InChI=1S/C13H19NO5S/c1-3-6-9-11(13(15)18-2)19-12(14-9)10-7-4-5-8-20(10,16)17/h10H,3-8H2,1-2H3. The number of sulfone groups is 1. The molecule has 1 unspecified atom stereocenters. The van der Waals surface area contributed by atoms with Crippen LogP contribution in [0.4, 0.5) is 0 Å². The van der Waals surface area contributed by atoms with Gasteiger partial charge < -0.3 is 9.15 Å². The van der Waals surface area contributed by atoms with Crippen molar-refractivity contribution in [2.75, 3.05) is 12.9 Å². The minimum atomic E-state index is -3.24. The molecule has 2 heterocycles. The first-order valence-electron chi connectivity index (χ1n) is 6.79. The molecule has 0 aromatic carbocycles. The molecule has 0 amide bonds. The van der Waals surface area contributed by atoms with Gasteiger partial charge in [0.1, 0.15) is 5.25 Å². The molecule has 1 aliphatic rings. The van der Waals surface area contributed by atoms with Crippen molar-refractivity contribution < 1.29 is 22.4 Å². The van der Waals surface area contributed by atoms with Crippen LogP contribution in [0.15, 0.2) is 4.42 Å². The SMILES string of the molecule is CCCc1nc(C2CCCCS2(=O)=O)oc1C(=O)OC. The molecule has 1 atom stereocenters. The number of hydrogen-bond donors (Lipinski definition) is 0. The van der Waals surface area contributed by atoms with Crippen molar-refractivity contribution in [3.05, 3.63) is 17.3 Å². The molecule has 7 heteroatoms. The third kappa shape index (κ3) is 2.87. The summed E-state index contributed by atoms with van der Waals surface area (Å²) in [5.41, 5.74) is 0.482. The Morgan fingerprint density at radius 2 is 2.20 bits per heavy atom. The molecule has 1 aliphatic heterocycles. The molecule has 0 N–H and O–H groups in total. The van der Waals surface area contributed by atoms with E-state index in [4.69, 9.17) is 4.42 Å². The number of methoxy groups -OCH3 is 1. The predicted molar refractivity (Wildman–Crippen MR) is 72.2 cm³/mol. The second-order valence-electron chi connectivity index (χ2n) is 4.92. The predicted octanol–water partition coefficient (Wildman–Crippen LogP) is 2.05. The molecular weight excluding hydrogens is 282 g/mol. The average molecular weight is 301 g/mol. The van der Waals surface area contributed by atoms with E-state index in [1.54, 1.807) is 0 Å². The van der Waals surface area contributed by atoms with Crippen LogP contribution in [-0.2, 0) is 21.0 Å². The summed E-state index contributed by atoms with van der Waals surface area (Å²) in [5, 5.41) is -0.731. The highest BCUT2D eigenvalue weighted by Gasteiger charge is 2.35. The van der Waals surface area contributed by atoms with E-state index in [2.05, 4.69) is 9.72 Å². The maximum atomic E-state index is 12.1. The van der Waals surface area contributed by atoms with Gasteiger partial charge in [-0.15, -0.1) is 0 Å². The summed E-state index contributed by atoms with van der Waals surface area (Å²) in [4.78, 5) is 15.9. The molecule has 6 nitrogen and oxygen atoms in total. The van der Waals surface area contributed by atoms with E-state index in [1.165, 1.54) is 7.11 Å². The number of aromatic nitrogens is 1. The van der Waals surface area contributed by atoms with E-state index in [0.717, 1.165) is 12.8 Å². The van der Waals surface area contributed by atoms with E-state index >= 15 is 0 Å². The number of nitrogens with zero attached hydrogens (tertiary/aromatic N) is 1. The maximum absolute atomic E-state index is 12.1. The highest BCUT2D eigenvalue weighted by atomic mass is 32.2. The summed E-state index contributed by atoms with van der Waals surface area (Å²) < 4.78 is 34.3. The van der Waals surface area contributed by atoms with Crippen molar-refractivity contribution in [3.63, 3.8) is 0 Å². The molecule has 0 radical (unpaired) electrons. The van der Waals surface area contributed by atoms with E-state index < -0.39 is 21.1 Å². The second kappa shape index (κ2) is 5.95. The molecule has 112 valence electrons. The van der Waals surface area contributed by atoms with Gasteiger partial charge in [-0.1, -0.05) is 19.8 Å². The highest BCUT2D eigenvalue weighted by Crippen LogP contribution is 2.34. The van der Waals surface area contributed by atoms with E-state index in [9.17, 15) is 13.2 Å². The van der Waals surface area contributed by atoms with Crippen molar-refractivity contribution in [1.29, 1.82) is 0 Å². The van der Waals surface area contributed by atoms with Crippen LogP contribution in [0.3, 0.4) is 0 Å². The van der Waals surface area contributed by atoms with Gasteiger partial charge >= 0.3 is 5.97 Å². The van der Waals surface area contributed by atoms with Crippen molar-refractivity contribution in [1.82, 2.24) is 4.98 Å². The van der Waals surface area contributed by atoms with Crippen LogP contribution in [0.1, 0.15) is 60.0 Å². The fourth-order valence-electron chi connectivity index (χ4n) is 2.40. The monoisotopic (exact) mass is 301 g/mol. The Balaban J connectivity index is 2.39. The Kier molecular flexibility index (Phi) is 4.47. The van der Waals surface area contributed by atoms with Crippen LogP contribution in [0.2, 0.25) is 0 Å². The van der Waals surface area contributed by atoms with Gasteiger partial charge in [-0.25, -0.2) is 18.2 Å². The van der Waals surface area contributed by atoms with Crippen molar-refractivity contribution in [3.8, 4) is 0 Å². The number of carbonyl (C=O) groups is 1. The first-order chi connectivity index (χ1) is 9.49. The lowest BCUT2D eigenvalue weighted by Crippen LogP contribution is -2.21. The van der Waals surface area contributed by atoms with Crippen LogP contribution < -0.4 is 0 Å². The largest absolute Gasteiger partial charge is 0.463 e. The Morgan fingerprint density at radius 3 is 2.80 bits per heavy atom. The molecule has 1 aromatic rings. The Morgan fingerprint density at radius 1 is 1.45 bits per heavy atom. The number of rotatable bonds is 4. The lowest BCUT2D eigenvalue weighted by molar-refractivity contribution is 0.0561. The highest BCUT2D eigenvalue weighted by molar-refractivity contribution is 7.91. The molecule has 0 bridgehead atoms. The zero-order valence-electron chi connectivity index (χ0n) is 11.7. The van der Waals surface area contributed by atoms with E-state index in [0.29, 0.717) is 25.0 Å². The summed E-state index contributed by atoms with van der Waals surface area (Å²) in [6.45, 7) is 1.95. The zero-order chi connectivity index (χ0) is 14.8.